The predicted molar refractivity (Wildman–Crippen MR) is 119 cm³/mol. The smallest absolute Gasteiger partial charge is 0.332 e. The molecule has 0 aliphatic carbocycles. The molecule has 2 aromatic rings. The zero-order valence-electron chi connectivity index (χ0n) is 18.2. The molecule has 0 spiro atoms. The number of ether oxygens (including phenoxy) is 1. The Morgan fingerprint density at radius 1 is 1.28 bits per heavy atom. The number of rotatable bonds is 7. The van der Waals surface area contributed by atoms with E-state index < -0.39 is 41.2 Å². The molecular weight excluding hydrogens is 436 g/mol. The molecular formula is C21H26N4O6S. The van der Waals surface area contributed by atoms with Crippen LogP contribution in [-0.2, 0) is 23.1 Å². The summed E-state index contributed by atoms with van der Waals surface area (Å²) in [6.45, 7) is 3.66. The lowest BCUT2D eigenvalue weighted by Gasteiger charge is -2.22. The third-order valence-corrected chi connectivity index (χ3v) is 6.13. The molecule has 32 heavy (non-hydrogen) atoms. The molecule has 1 atom stereocenters. The minimum atomic E-state index is -0.844. The maximum atomic E-state index is 12.7. The molecule has 1 saturated heterocycles. The highest BCUT2D eigenvalue weighted by molar-refractivity contribution is 7.12. The number of nitrogens with two attached hydrogens (primary N) is 1. The van der Waals surface area contributed by atoms with E-state index in [9.17, 15) is 24.0 Å². The van der Waals surface area contributed by atoms with Crippen LogP contribution in [0.15, 0.2) is 27.1 Å². The number of thiophene rings is 1. The number of anilines is 1. The van der Waals surface area contributed by atoms with Crippen LogP contribution >= 0.6 is 11.3 Å². The van der Waals surface area contributed by atoms with Gasteiger partial charge in [-0.1, -0.05) is 19.9 Å². The van der Waals surface area contributed by atoms with Gasteiger partial charge in [0.2, 0.25) is 5.78 Å². The first-order valence-corrected chi connectivity index (χ1v) is 11.1. The third kappa shape index (κ3) is 4.52. The van der Waals surface area contributed by atoms with Crippen LogP contribution in [0.5, 0.6) is 0 Å². The number of hydrogen-bond donors (Lipinski definition) is 1. The van der Waals surface area contributed by atoms with Gasteiger partial charge in [-0.15, -0.1) is 11.3 Å². The third-order valence-electron chi connectivity index (χ3n) is 5.27. The number of nitrogens with zero attached hydrogens (tertiary/aromatic N) is 3. The van der Waals surface area contributed by atoms with Gasteiger partial charge in [-0.05, 0) is 30.2 Å². The summed E-state index contributed by atoms with van der Waals surface area (Å²) in [6, 6.07) is 2.64. The molecule has 0 bridgehead atoms. The molecule has 1 aliphatic heterocycles. The number of likely N-dealkylation sites (tertiary alicyclic amines) is 1. The van der Waals surface area contributed by atoms with Crippen LogP contribution in [0, 0.1) is 5.92 Å². The maximum Gasteiger partial charge on any atom is 0.332 e. The highest BCUT2D eigenvalue weighted by Crippen LogP contribution is 2.23. The van der Waals surface area contributed by atoms with E-state index in [2.05, 4.69) is 0 Å². The first kappa shape index (κ1) is 23.5. The van der Waals surface area contributed by atoms with Crippen LogP contribution in [-0.4, -0.2) is 50.9 Å². The minimum Gasteiger partial charge on any atom is -0.456 e. The van der Waals surface area contributed by atoms with Crippen molar-refractivity contribution in [1.29, 1.82) is 0 Å². The monoisotopic (exact) mass is 462 g/mol. The molecule has 1 fully saturated rings. The lowest BCUT2D eigenvalue weighted by molar-refractivity contribution is -0.147. The van der Waals surface area contributed by atoms with Crippen molar-refractivity contribution in [1.82, 2.24) is 14.0 Å². The van der Waals surface area contributed by atoms with Gasteiger partial charge in [-0.25, -0.2) is 9.59 Å². The second-order valence-corrected chi connectivity index (χ2v) is 9.02. The van der Waals surface area contributed by atoms with Gasteiger partial charge in [0, 0.05) is 20.1 Å². The number of carbonyl (C=O) groups excluding carboxylic acids is 3. The summed E-state index contributed by atoms with van der Waals surface area (Å²) in [5.41, 5.74) is 4.13. The van der Waals surface area contributed by atoms with Gasteiger partial charge in [0.15, 0.2) is 6.61 Å². The lowest BCUT2D eigenvalue weighted by Crippen LogP contribution is -2.44. The van der Waals surface area contributed by atoms with E-state index in [1.807, 2.05) is 13.8 Å². The van der Waals surface area contributed by atoms with E-state index in [-0.39, 0.29) is 24.2 Å². The summed E-state index contributed by atoms with van der Waals surface area (Å²) in [5, 5.41) is 1.78. The first-order valence-electron chi connectivity index (χ1n) is 10.3. The second-order valence-electron chi connectivity index (χ2n) is 8.08. The fourth-order valence-electron chi connectivity index (χ4n) is 3.69. The molecule has 2 N–H and O–H groups in total. The van der Waals surface area contributed by atoms with Crippen molar-refractivity contribution in [2.24, 2.45) is 13.0 Å². The highest BCUT2D eigenvalue weighted by atomic mass is 32.1. The Morgan fingerprint density at radius 2 is 2.00 bits per heavy atom. The molecule has 3 heterocycles. The number of Topliss-reactive ketones (excluding diaryl/α,β-unsaturated/α-hetero) is 1. The summed E-state index contributed by atoms with van der Waals surface area (Å²) in [5.74, 6) is -1.98. The van der Waals surface area contributed by atoms with Gasteiger partial charge >= 0.3 is 11.7 Å². The van der Waals surface area contributed by atoms with Crippen LogP contribution in [0.25, 0.3) is 0 Å². The van der Waals surface area contributed by atoms with Gasteiger partial charge < -0.3 is 15.4 Å². The summed E-state index contributed by atoms with van der Waals surface area (Å²) in [7, 11) is 1.26. The standard InChI is InChI=1S/C21H26N4O6S/c1-12(2)10-25-17(22)16(19(28)23(3)21(25)30)14(26)11-31-20(29)13-6-4-8-24(13)18(27)15-7-5-9-32-15/h5,7,9,12-13H,4,6,8,10-11,22H2,1-3H3/t13-/m1/s1. The number of esters is 1. The zero-order chi connectivity index (χ0) is 23.6. The van der Waals surface area contributed by atoms with Crippen molar-refractivity contribution >= 4 is 34.8 Å². The molecule has 0 unspecified atom stereocenters. The van der Waals surface area contributed by atoms with E-state index in [0.717, 1.165) is 4.57 Å². The lowest BCUT2D eigenvalue weighted by atomic mass is 10.1. The fourth-order valence-corrected chi connectivity index (χ4v) is 4.37. The Morgan fingerprint density at radius 3 is 2.62 bits per heavy atom. The van der Waals surface area contributed by atoms with E-state index >= 15 is 0 Å². The average Bonchev–Trinajstić information content (AvgIpc) is 3.45. The van der Waals surface area contributed by atoms with Crippen LogP contribution in [0.4, 0.5) is 5.82 Å². The van der Waals surface area contributed by atoms with Crippen LogP contribution in [0.3, 0.4) is 0 Å². The number of ketones is 1. The Kier molecular flexibility index (Phi) is 6.97. The number of carbonyl (C=O) groups is 3. The molecule has 1 aliphatic rings. The van der Waals surface area contributed by atoms with E-state index in [1.54, 1.807) is 17.5 Å². The largest absolute Gasteiger partial charge is 0.456 e. The summed E-state index contributed by atoms with van der Waals surface area (Å²) in [6.07, 6.45) is 1.06. The van der Waals surface area contributed by atoms with Gasteiger partial charge in [0.05, 0.1) is 4.88 Å². The number of aromatic nitrogens is 2. The van der Waals surface area contributed by atoms with Crippen molar-refractivity contribution in [2.75, 3.05) is 18.9 Å². The molecule has 11 heteroatoms. The highest BCUT2D eigenvalue weighted by Gasteiger charge is 2.36. The molecule has 0 radical (unpaired) electrons. The Bertz CT molecular complexity index is 1150. The van der Waals surface area contributed by atoms with Crippen LogP contribution in [0.2, 0.25) is 0 Å². The Labute approximate surface area is 188 Å². The van der Waals surface area contributed by atoms with Crippen molar-refractivity contribution in [3.63, 3.8) is 0 Å². The normalized spacial score (nSPS) is 15.9. The number of amides is 1. The molecule has 1 amide bonds. The average molecular weight is 463 g/mol. The number of nitrogen functional groups attached to an aromatic ring is 1. The van der Waals surface area contributed by atoms with Gasteiger partial charge in [0.25, 0.3) is 11.5 Å². The van der Waals surface area contributed by atoms with E-state index in [4.69, 9.17) is 10.5 Å². The second kappa shape index (κ2) is 9.51. The summed E-state index contributed by atoms with van der Waals surface area (Å²) < 4.78 is 7.15. The summed E-state index contributed by atoms with van der Waals surface area (Å²) in [4.78, 5) is 64.9. The topological polar surface area (TPSA) is 134 Å². The van der Waals surface area contributed by atoms with Gasteiger partial charge in [-0.2, -0.15) is 0 Å². The van der Waals surface area contributed by atoms with E-state index in [1.165, 1.54) is 27.9 Å². The van der Waals surface area contributed by atoms with Gasteiger partial charge in [-0.3, -0.25) is 23.5 Å². The fraction of sp³-hybridized carbons (Fsp3) is 0.476. The van der Waals surface area contributed by atoms with Crippen molar-refractivity contribution in [3.05, 3.63) is 48.8 Å². The SMILES string of the molecule is CC(C)Cn1c(N)c(C(=O)COC(=O)[C@H]2CCCN2C(=O)c2cccs2)c(=O)n(C)c1=O. The summed E-state index contributed by atoms with van der Waals surface area (Å²) >= 11 is 1.28. The maximum absolute atomic E-state index is 12.7. The molecule has 172 valence electrons. The van der Waals surface area contributed by atoms with E-state index in [0.29, 0.717) is 24.3 Å². The quantitative estimate of drug-likeness (QED) is 0.477. The minimum absolute atomic E-state index is 0.0440. The Balaban J connectivity index is 1.76. The van der Waals surface area contributed by atoms with Crippen molar-refractivity contribution in [3.8, 4) is 0 Å². The zero-order valence-corrected chi connectivity index (χ0v) is 19.0. The molecule has 2 aromatic heterocycles. The Hall–Kier alpha value is -3.21. The van der Waals surface area contributed by atoms with Gasteiger partial charge in [0.1, 0.15) is 17.4 Å². The predicted octanol–water partition coefficient (Wildman–Crippen LogP) is 0.877. The molecule has 0 saturated carbocycles. The van der Waals surface area contributed by atoms with Crippen LogP contribution in [0.1, 0.15) is 46.7 Å². The molecule has 10 nitrogen and oxygen atoms in total. The van der Waals surface area contributed by atoms with Crippen molar-refractivity contribution < 1.29 is 19.1 Å². The first-order chi connectivity index (χ1) is 15.1. The number of hydrogen-bond acceptors (Lipinski definition) is 8. The van der Waals surface area contributed by atoms with Crippen molar-refractivity contribution in [2.45, 2.75) is 39.3 Å². The molecule has 0 aromatic carbocycles. The molecule has 3 rings (SSSR count). The van der Waals surface area contributed by atoms with Crippen LogP contribution < -0.4 is 17.0 Å².